The number of alkyl halides is 3. The highest BCUT2D eigenvalue weighted by molar-refractivity contribution is 7.80. The van der Waals surface area contributed by atoms with Gasteiger partial charge in [-0.1, -0.05) is 19.8 Å². The van der Waals surface area contributed by atoms with Crippen LogP contribution in [0.3, 0.4) is 0 Å². The summed E-state index contributed by atoms with van der Waals surface area (Å²) in [5.74, 6) is 1.35. The van der Waals surface area contributed by atoms with Crippen LogP contribution in [0.1, 0.15) is 38.2 Å². The SMILES string of the molecule is C[C@H]1CCCC[C@@H]1NC(=S)N1CCN(c2ccc(C(F)(F)F)c[nH+]2)CC1. The number of anilines is 1. The topological polar surface area (TPSA) is 32.6 Å². The molecule has 3 rings (SSSR count). The third-order valence-corrected chi connectivity index (χ3v) is 5.83. The zero-order chi connectivity index (χ0) is 18.7. The molecule has 26 heavy (non-hydrogen) atoms. The van der Waals surface area contributed by atoms with Crippen LogP contribution in [0.2, 0.25) is 0 Å². The van der Waals surface area contributed by atoms with Crippen LogP contribution < -0.4 is 15.2 Å². The molecule has 0 amide bonds. The Balaban J connectivity index is 1.51. The van der Waals surface area contributed by atoms with Crippen LogP contribution in [-0.2, 0) is 6.18 Å². The second kappa shape index (κ2) is 7.98. The van der Waals surface area contributed by atoms with Crippen molar-refractivity contribution in [1.29, 1.82) is 0 Å². The Bertz CT molecular complexity index is 612. The minimum absolute atomic E-state index is 0.456. The van der Waals surface area contributed by atoms with Gasteiger partial charge >= 0.3 is 6.18 Å². The van der Waals surface area contributed by atoms with E-state index in [1.54, 1.807) is 0 Å². The molecule has 1 saturated heterocycles. The van der Waals surface area contributed by atoms with Crippen LogP contribution in [0.25, 0.3) is 0 Å². The van der Waals surface area contributed by atoms with Crippen molar-refractivity contribution in [3.63, 3.8) is 0 Å². The van der Waals surface area contributed by atoms with E-state index in [1.807, 2.05) is 0 Å². The first kappa shape index (κ1) is 19.2. The van der Waals surface area contributed by atoms with Gasteiger partial charge in [-0.2, -0.15) is 13.2 Å². The highest BCUT2D eigenvalue weighted by atomic mass is 32.1. The van der Waals surface area contributed by atoms with Crippen LogP contribution in [0.15, 0.2) is 18.3 Å². The first-order chi connectivity index (χ1) is 12.3. The van der Waals surface area contributed by atoms with Gasteiger partial charge in [0.25, 0.3) is 5.82 Å². The van der Waals surface area contributed by atoms with Gasteiger partial charge in [-0.3, -0.25) is 4.90 Å². The molecule has 1 aliphatic carbocycles. The molecule has 1 aliphatic heterocycles. The maximum atomic E-state index is 12.7. The second-order valence-corrected chi connectivity index (χ2v) is 7.64. The number of rotatable bonds is 2. The lowest BCUT2D eigenvalue weighted by Crippen LogP contribution is -2.55. The maximum Gasteiger partial charge on any atom is 0.419 e. The summed E-state index contributed by atoms with van der Waals surface area (Å²) in [6.45, 7) is 5.26. The van der Waals surface area contributed by atoms with Gasteiger partial charge in [0.15, 0.2) is 5.11 Å². The van der Waals surface area contributed by atoms with Gasteiger partial charge in [0, 0.05) is 12.1 Å². The third-order valence-electron chi connectivity index (χ3n) is 5.45. The van der Waals surface area contributed by atoms with Crippen LogP contribution in [0, 0.1) is 5.92 Å². The summed E-state index contributed by atoms with van der Waals surface area (Å²) >= 11 is 5.58. The monoisotopic (exact) mass is 387 g/mol. The fraction of sp³-hybridized carbons (Fsp3) is 0.667. The lowest BCUT2D eigenvalue weighted by Gasteiger charge is -2.36. The molecule has 0 bridgehead atoms. The van der Waals surface area contributed by atoms with E-state index < -0.39 is 11.7 Å². The molecule has 2 fully saturated rings. The van der Waals surface area contributed by atoms with Gasteiger partial charge in [-0.25, -0.2) is 4.98 Å². The van der Waals surface area contributed by atoms with Crippen molar-refractivity contribution in [2.24, 2.45) is 5.92 Å². The molecule has 1 aromatic rings. The van der Waals surface area contributed by atoms with Gasteiger partial charge in [0.05, 0.1) is 18.7 Å². The molecule has 0 spiro atoms. The van der Waals surface area contributed by atoms with Gasteiger partial charge in [0.1, 0.15) is 19.3 Å². The second-order valence-electron chi connectivity index (χ2n) is 7.25. The Morgan fingerprint density at radius 1 is 1.15 bits per heavy atom. The van der Waals surface area contributed by atoms with Crippen molar-refractivity contribution in [1.82, 2.24) is 10.2 Å². The molecule has 0 aromatic carbocycles. The number of piperazine rings is 1. The number of halogens is 3. The normalized spacial score (nSPS) is 24.5. The van der Waals surface area contributed by atoms with Gasteiger partial charge in [-0.15, -0.1) is 0 Å². The summed E-state index contributed by atoms with van der Waals surface area (Å²) in [6.07, 6.45) is 1.68. The fourth-order valence-electron chi connectivity index (χ4n) is 3.72. The summed E-state index contributed by atoms with van der Waals surface area (Å²) in [5, 5.41) is 4.33. The number of nitrogens with one attached hydrogen (secondary N) is 2. The molecule has 0 unspecified atom stereocenters. The predicted molar refractivity (Wildman–Crippen MR) is 98.9 cm³/mol. The Morgan fingerprint density at radius 3 is 2.42 bits per heavy atom. The minimum atomic E-state index is -4.32. The number of pyridine rings is 1. The lowest BCUT2D eigenvalue weighted by atomic mass is 9.86. The van der Waals surface area contributed by atoms with Gasteiger partial charge < -0.3 is 10.2 Å². The molecular formula is C18H26F3N4S+. The average Bonchev–Trinajstić information content (AvgIpc) is 2.63. The Hall–Kier alpha value is -1.57. The number of H-pyrrole nitrogens is 1. The minimum Gasteiger partial charge on any atom is -0.360 e. The largest absolute Gasteiger partial charge is 0.419 e. The molecule has 1 aromatic heterocycles. The van der Waals surface area contributed by atoms with Crippen molar-refractivity contribution in [2.45, 2.75) is 44.8 Å². The van der Waals surface area contributed by atoms with Crippen LogP contribution in [-0.4, -0.2) is 42.2 Å². The fourth-order valence-corrected chi connectivity index (χ4v) is 4.05. The summed E-state index contributed by atoms with van der Waals surface area (Å²) in [4.78, 5) is 6.99. The number of aromatic nitrogens is 1. The maximum absolute atomic E-state index is 12.7. The number of hydrogen-bond donors (Lipinski definition) is 1. The number of hydrogen-bond acceptors (Lipinski definition) is 2. The van der Waals surface area contributed by atoms with Crippen LogP contribution >= 0.6 is 12.2 Å². The Morgan fingerprint density at radius 2 is 1.85 bits per heavy atom. The van der Waals surface area contributed by atoms with E-state index in [9.17, 15) is 13.2 Å². The lowest BCUT2D eigenvalue weighted by molar-refractivity contribution is -0.367. The Labute approximate surface area is 157 Å². The van der Waals surface area contributed by atoms with Crippen molar-refractivity contribution in [2.75, 3.05) is 31.1 Å². The zero-order valence-electron chi connectivity index (χ0n) is 15.0. The zero-order valence-corrected chi connectivity index (χ0v) is 15.8. The van der Waals surface area contributed by atoms with Gasteiger partial charge in [0.2, 0.25) is 0 Å². The van der Waals surface area contributed by atoms with E-state index in [-0.39, 0.29) is 0 Å². The quantitative estimate of drug-likeness (QED) is 0.791. The van der Waals surface area contributed by atoms with E-state index in [4.69, 9.17) is 12.2 Å². The van der Waals surface area contributed by atoms with Crippen LogP contribution in [0.4, 0.5) is 19.0 Å². The van der Waals surface area contributed by atoms with Crippen LogP contribution in [0.5, 0.6) is 0 Å². The summed E-state index contributed by atoms with van der Waals surface area (Å²) < 4.78 is 38.0. The molecular weight excluding hydrogens is 361 g/mol. The summed E-state index contributed by atoms with van der Waals surface area (Å²) in [7, 11) is 0. The van der Waals surface area contributed by atoms with E-state index in [0.29, 0.717) is 17.8 Å². The van der Waals surface area contributed by atoms with Gasteiger partial charge in [-0.05, 0) is 37.0 Å². The van der Waals surface area contributed by atoms with E-state index in [2.05, 4.69) is 27.0 Å². The molecule has 1 saturated carbocycles. The highest BCUT2D eigenvalue weighted by Crippen LogP contribution is 2.28. The molecule has 2 N–H and O–H groups in total. The number of thiocarbonyl (C=S) groups is 1. The van der Waals surface area contributed by atoms with Crippen molar-refractivity contribution < 1.29 is 18.2 Å². The molecule has 2 aliphatic rings. The highest BCUT2D eigenvalue weighted by Gasteiger charge is 2.33. The third kappa shape index (κ3) is 4.58. The molecule has 0 radical (unpaired) electrons. The molecule has 8 heteroatoms. The number of aromatic amines is 1. The standard InChI is InChI=1S/C18H25F3N4S/c1-13-4-2-3-5-15(13)23-17(26)25-10-8-24(9-11-25)16-7-6-14(12-22-16)18(19,20)21/h6-7,12-13,15H,2-5,8-11H2,1H3,(H,23,26)/p+1/t13-,15-/m0/s1. The average molecular weight is 387 g/mol. The molecule has 144 valence electrons. The van der Waals surface area contributed by atoms with Crippen molar-refractivity contribution in [3.05, 3.63) is 23.9 Å². The summed E-state index contributed by atoms with van der Waals surface area (Å²) in [5.41, 5.74) is -0.660. The van der Waals surface area contributed by atoms with E-state index >= 15 is 0 Å². The summed E-state index contributed by atoms with van der Waals surface area (Å²) in [6, 6.07) is 3.07. The van der Waals surface area contributed by atoms with Crippen molar-refractivity contribution >= 4 is 23.1 Å². The first-order valence-electron chi connectivity index (χ1n) is 9.24. The van der Waals surface area contributed by atoms with E-state index in [1.165, 1.54) is 31.7 Å². The Kier molecular flexibility index (Phi) is 5.89. The molecule has 2 atom stereocenters. The van der Waals surface area contributed by atoms with Crippen molar-refractivity contribution in [3.8, 4) is 0 Å². The first-order valence-corrected chi connectivity index (χ1v) is 9.65. The molecule has 2 heterocycles. The predicted octanol–water partition coefficient (Wildman–Crippen LogP) is 3.09. The molecule has 4 nitrogen and oxygen atoms in total. The number of nitrogens with zero attached hydrogens (tertiary/aromatic N) is 2. The smallest absolute Gasteiger partial charge is 0.360 e. The van der Waals surface area contributed by atoms with E-state index in [0.717, 1.165) is 43.6 Å².